The number of primary amides is 1. The van der Waals surface area contributed by atoms with E-state index in [0.29, 0.717) is 11.3 Å². The average molecular weight is 375 g/mol. The molecule has 5 atom stereocenters. The lowest BCUT2D eigenvalue weighted by atomic mass is 9.99. The molecule has 1 amide bonds. The molecule has 144 valence electrons. The zero-order valence-corrected chi connectivity index (χ0v) is 14.3. The third kappa shape index (κ3) is 4.10. The number of amides is 1. The van der Waals surface area contributed by atoms with Crippen LogP contribution >= 0.6 is 0 Å². The van der Waals surface area contributed by atoms with Gasteiger partial charge in [0.2, 0.25) is 12.2 Å². The van der Waals surface area contributed by atoms with Crippen LogP contribution < -0.4 is 10.5 Å². The predicted molar refractivity (Wildman–Crippen MR) is 94.8 cm³/mol. The van der Waals surface area contributed by atoms with Crippen molar-refractivity contribution in [1.29, 1.82) is 0 Å². The van der Waals surface area contributed by atoms with Crippen LogP contribution in [0.5, 0.6) is 5.75 Å². The summed E-state index contributed by atoms with van der Waals surface area (Å²) in [6.07, 6.45) is -6.70. The number of benzene rings is 2. The highest BCUT2D eigenvalue weighted by molar-refractivity contribution is 5.94. The van der Waals surface area contributed by atoms with E-state index in [2.05, 4.69) is 0 Å². The number of hydrogen-bond donors (Lipinski definition) is 5. The van der Waals surface area contributed by atoms with E-state index in [1.807, 2.05) is 6.07 Å². The summed E-state index contributed by atoms with van der Waals surface area (Å²) in [6, 6.07) is 13.6. The van der Waals surface area contributed by atoms with Gasteiger partial charge in [0.1, 0.15) is 30.2 Å². The van der Waals surface area contributed by atoms with Gasteiger partial charge in [-0.1, -0.05) is 24.3 Å². The zero-order valence-electron chi connectivity index (χ0n) is 14.3. The summed E-state index contributed by atoms with van der Waals surface area (Å²) in [7, 11) is 0. The maximum absolute atomic E-state index is 11.3. The third-order valence-corrected chi connectivity index (χ3v) is 4.44. The summed E-state index contributed by atoms with van der Waals surface area (Å²) in [4.78, 5) is 11.3. The molecule has 0 aromatic heterocycles. The van der Waals surface area contributed by atoms with E-state index in [9.17, 15) is 25.2 Å². The molecule has 3 rings (SSSR count). The van der Waals surface area contributed by atoms with Gasteiger partial charge in [0.25, 0.3) is 0 Å². The van der Waals surface area contributed by atoms with E-state index in [1.165, 1.54) is 0 Å². The number of carbonyl (C=O) groups excluding carboxylic acids is 1. The molecule has 0 spiro atoms. The summed E-state index contributed by atoms with van der Waals surface area (Å²) in [5.74, 6) is -0.159. The van der Waals surface area contributed by atoms with Crippen LogP contribution in [0.1, 0.15) is 10.4 Å². The Kier molecular flexibility index (Phi) is 5.73. The van der Waals surface area contributed by atoms with Crippen molar-refractivity contribution >= 4 is 5.91 Å². The summed E-state index contributed by atoms with van der Waals surface area (Å²) in [5, 5.41) is 38.8. The second-order valence-corrected chi connectivity index (χ2v) is 6.28. The number of nitrogens with two attached hydrogens (primary N) is 1. The van der Waals surface area contributed by atoms with E-state index < -0.39 is 43.2 Å². The van der Waals surface area contributed by atoms with Crippen molar-refractivity contribution in [3.05, 3.63) is 54.1 Å². The van der Waals surface area contributed by atoms with Gasteiger partial charge in [-0.2, -0.15) is 0 Å². The van der Waals surface area contributed by atoms with Crippen molar-refractivity contribution in [2.45, 2.75) is 30.7 Å². The number of aliphatic hydroxyl groups excluding tert-OH is 4. The molecule has 2 aromatic rings. The first-order chi connectivity index (χ1) is 12.9. The SMILES string of the molecule is NC(=O)c1cccc(-c2ccc(OC3OC(CO)C(O)C(O)C3O)cc2)c1. The standard InChI is InChI=1S/C19H21NO7/c20-18(25)12-3-1-2-11(8-12)10-4-6-13(7-5-10)26-19-17(24)16(23)15(22)14(9-21)27-19/h1-8,14-17,19,21-24H,9H2,(H2,20,25). The van der Waals surface area contributed by atoms with Gasteiger partial charge in [-0.15, -0.1) is 0 Å². The number of aliphatic hydroxyl groups is 4. The third-order valence-electron chi connectivity index (χ3n) is 4.44. The van der Waals surface area contributed by atoms with Crippen LogP contribution in [0.15, 0.2) is 48.5 Å². The van der Waals surface area contributed by atoms with Crippen molar-refractivity contribution in [2.24, 2.45) is 5.73 Å². The van der Waals surface area contributed by atoms with Crippen molar-refractivity contribution in [3.63, 3.8) is 0 Å². The Morgan fingerprint density at radius 1 is 1.00 bits per heavy atom. The van der Waals surface area contributed by atoms with Crippen molar-refractivity contribution in [2.75, 3.05) is 6.61 Å². The molecule has 8 heteroatoms. The van der Waals surface area contributed by atoms with Crippen LogP contribution in [-0.2, 0) is 4.74 Å². The summed E-state index contributed by atoms with van der Waals surface area (Å²) < 4.78 is 10.9. The van der Waals surface area contributed by atoms with Crippen molar-refractivity contribution in [1.82, 2.24) is 0 Å². The molecule has 2 aromatic carbocycles. The van der Waals surface area contributed by atoms with E-state index in [1.54, 1.807) is 42.5 Å². The fraction of sp³-hybridized carbons (Fsp3) is 0.316. The molecule has 1 fully saturated rings. The number of rotatable bonds is 5. The predicted octanol–water partition coefficient (Wildman–Crippen LogP) is -0.369. The van der Waals surface area contributed by atoms with Crippen LogP contribution in [0.3, 0.4) is 0 Å². The number of ether oxygens (including phenoxy) is 2. The minimum Gasteiger partial charge on any atom is -0.462 e. The molecular formula is C19H21NO7. The number of hydrogen-bond acceptors (Lipinski definition) is 7. The van der Waals surface area contributed by atoms with Gasteiger partial charge in [0.15, 0.2) is 0 Å². The van der Waals surface area contributed by atoms with Crippen LogP contribution in [0, 0.1) is 0 Å². The molecule has 1 saturated heterocycles. The maximum atomic E-state index is 11.3. The van der Waals surface area contributed by atoms with Gasteiger partial charge in [0.05, 0.1) is 6.61 Å². The minimum atomic E-state index is -1.50. The molecule has 8 nitrogen and oxygen atoms in total. The van der Waals surface area contributed by atoms with Crippen molar-refractivity contribution in [3.8, 4) is 16.9 Å². The first kappa shape index (κ1) is 19.3. The van der Waals surface area contributed by atoms with Crippen LogP contribution in [0.2, 0.25) is 0 Å². The Morgan fingerprint density at radius 2 is 1.70 bits per heavy atom. The monoisotopic (exact) mass is 375 g/mol. The van der Waals surface area contributed by atoms with Gasteiger partial charge >= 0.3 is 0 Å². The van der Waals surface area contributed by atoms with Gasteiger partial charge in [0, 0.05) is 5.56 Å². The molecule has 27 heavy (non-hydrogen) atoms. The van der Waals surface area contributed by atoms with Crippen LogP contribution in [0.25, 0.3) is 11.1 Å². The Hall–Kier alpha value is -2.49. The van der Waals surface area contributed by atoms with Crippen molar-refractivity contribution < 1.29 is 34.7 Å². The topological polar surface area (TPSA) is 142 Å². The maximum Gasteiger partial charge on any atom is 0.248 e. The molecule has 0 saturated carbocycles. The van der Waals surface area contributed by atoms with E-state index in [0.717, 1.165) is 11.1 Å². The summed E-state index contributed by atoms with van der Waals surface area (Å²) in [6.45, 7) is -0.528. The lowest BCUT2D eigenvalue weighted by Gasteiger charge is -2.39. The highest BCUT2D eigenvalue weighted by Gasteiger charge is 2.44. The molecule has 1 aliphatic rings. The molecule has 6 N–H and O–H groups in total. The van der Waals surface area contributed by atoms with E-state index >= 15 is 0 Å². The Bertz CT molecular complexity index is 793. The average Bonchev–Trinajstić information content (AvgIpc) is 2.69. The highest BCUT2D eigenvalue weighted by atomic mass is 16.7. The highest BCUT2D eigenvalue weighted by Crippen LogP contribution is 2.27. The molecule has 0 bridgehead atoms. The molecule has 1 heterocycles. The Labute approximate surface area is 155 Å². The largest absolute Gasteiger partial charge is 0.462 e. The summed E-state index contributed by atoms with van der Waals surface area (Å²) >= 11 is 0. The van der Waals surface area contributed by atoms with E-state index in [-0.39, 0.29) is 0 Å². The van der Waals surface area contributed by atoms with Gasteiger partial charge in [-0.05, 0) is 35.4 Å². The minimum absolute atomic E-state index is 0.356. The second-order valence-electron chi connectivity index (χ2n) is 6.28. The molecule has 0 radical (unpaired) electrons. The fourth-order valence-corrected chi connectivity index (χ4v) is 2.88. The molecular weight excluding hydrogens is 354 g/mol. The lowest BCUT2D eigenvalue weighted by molar-refractivity contribution is -0.277. The second kappa shape index (κ2) is 8.03. The van der Waals surface area contributed by atoms with E-state index in [4.69, 9.17) is 15.2 Å². The van der Waals surface area contributed by atoms with Gasteiger partial charge in [-0.3, -0.25) is 4.79 Å². The number of carbonyl (C=O) groups is 1. The molecule has 1 aliphatic heterocycles. The van der Waals surface area contributed by atoms with Gasteiger partial charge < -0.3 is 35.6 Å². The zero-order chi connectivity index (χ0) is 19.6. The first-order valence-electron chi connectivity index (χ1n) is 8.38. The Morgan fingerprint density at radius 3 is 2.33 bits per heavy atom. The molecule has 5 unspecified atom stereocenters. The smallest absolute Gasteiger partial charge is 0.248 e. The normalized spacial score (nSPS) is 27.9. The van der Waals surface area contributed by atoms with Crippen LogP contribution in [0.4, 0.5) is 0 Å². The lowest BCUT2D eigenvalue weighted by Crippen LogP contribution is -2.60. The van der Waals surface area contributed by atoms with Gasteiger partial charge in [-0.25, -0.2) is 0 Å². The first-order valence-corrected chi connectivity index (χ1v) is 8.38. The Balaban J connectivity index is 1.74. The fourth-order valence-electron chi connectivity index (χ4n) is 2.88. The summed E-state index contributed by atoms with van der Waals surface area (Å²) in [5.41, 5.74) is 7.31. The van der Waals surface area contributed by atoms with Crippen LogP contribution in [-0.4, -0.2) is 63.6 Å². The molecule has 0 aliphatic carbocycles. The quantitative estimate of drug-likeness (QED) is 0.480.